The van der Waals surface area contributed by atoms with Crippen molar-refractivity contribution in [2.45, 2.75) is 59.1 Å². The van der Waals surface area contributed by atoms with Crippen LogP contribution < -0.4 is 4.90 Å². The Labute approximate surface area is 193 Å². The van der Waals surface area contributed by atoms with Gasteiger partial charge in [-0.15, -0.1) is 11.3 Å². The molecule has 172 valence electrons. The Morgan fingerprint density at radius 1 is 1.12 bits per heavy atom. The van der Waals surface area contributed by atoms with Gasteiger partial charge in [-0.25, -0.2) is 4.79 Å². The molecule has 0 N–H and O–H groups in total. The molecule has 0 aliphatic heterocycles. The predicted octanol–water partition coefficient (Wildman–Crippen LogP) is 5.31. The first kappa shape index (κ1) is 24.0. The molecule has 1 aromatic carbocycles. The fraction of sp³-hybridized carbons (Fsp3) is 0.480. The van der Waals surface area contributed by atoms with Crippen LogP contribution >= 0.6 is 11.3 Å². The second kappa shape index (κ2) is 10.3. The molecule has 3 atom stereocenters. The van der Waals surface area contributed by atoms with E-state index >= 15 is 0 Å². The molecule has 0 bridgehead atoms. The number of amides is 1. The van der Waals surface area contributed by atoms with Crippen LogP contribution in [0, 0.1) is 11.8 Å². The monoisotopic (exact) mass is 457 g/mol. The van der Waals surface area contributed by atoms with E-state index in [1.807, 2.05) is 50.2 Å². The molecule has 1 saturated carbocycles. The van der Waals surface area contributed by atoms with E-state index in [1.54, 1.807) is 4.90 Å². The molecule has 1 fully saturated rings. The van der Waals surface area contributed by atoms with Crippen molar-refractivity contribution in [1.29, 1.82) is 0 Å². The summed E-state index contributed by atoms with van der Waals surface area (Å²) in [6.45, 7) is 7.33. The lowest BCUT2D eigenvalue weighted by Crippen LogP contribution is -2.48. The Hall–Kier alpha value is -2.67. The minimum Gasteiger partial charge on any atom is -0.465 e. The van der Waals surface area contributed by atoms with E-state index in [-0.39, 0.29) is 17.9 Å². The fourth-order valence-corrected chi connectivity index (χ4v) is 5.40. The number of thiophene rings is 1. The molecular formula is C25H31NO5S. The smallest absolute Gasteiger partial charge is 0.350 e. The molecule has 1 heterocycles. The van der Waals surface area contributed by atoms with Crippen molar-refractivity contribution in [2.24, 2.45) is 11.8 Å². The summed E-state index contributed by atoms with van der Waals surface area (Å²) >= 11 is 1.31. The largest absolute Gasteiger partial charge is 0.465 e. The first-order chi connectivity index (χ1) is 15.2. The molecule has 1 aliphatic rings. The maximum absolute atomic E-state index is 13.8. The predicted molar refractivity (Wildman–Crippen MR) is 126 cm³/mol. The summed E-state index contributed by atoms with van der Waals surface area (Å²) < 4.78 is 10.6. The van der Waals surface area contributed by atoms with Crippen LogP contribution in [-0.2, 0) is 19.1 Å². The lowest BCUT2D eigenvalue weighted by atomic mass is 9.79. The lowest BCUT2D eigenvalue weighted by molar-refractivity contribution is -0.154. The van der Waals surface area contributed by atoms with E-state index in [0.717, 1.165) is 16.9 Å². The summed E-state index contributed by atoms with van der Waals surface area (Å²) in [6.07, 6.45) is 1.73. The third-order valence-corrected chi connectivity index (χ3v) is 7.00. The van der Waals surface area contributed by atoms with Gasteiger partial charge in [-0.3, -0.25) is 9.59 Å². The Kier molecular flexibility index (Phi) is 7.72. The van der Waals surface area contributed by atoms with Gasteiger partial charge in [0.2, 0.25) is 5.91 Å². The van der Waals surface area contributed by atoms with Gasteiger partial charge >= 0.3 is 11.9 Å². The van der Waals surface area contributed by atoms with E-state index in [4.69, 9.17) is 9.47 Å². The van der Waals surface area contributed by atoms with Crippen LogP contribution in [0.1, 0.15) is 56.6 Å². The topological polar surface area (TPSA) is 72.9 Å². The average Bonchev–Trinajstić information content (AvgIpc) is 3.18. The van der Waals surface area contributed by atoms with Crippen molar-refractivity contribution < 1.29 is 23.9 Å². The Balaban J connectivity index is 2.03. The zero-order chi connectivity index (χ0) is 23.4. The fourth-order valence-electron chi connectivity index (χ4n) is 4.33. The molecule has 0 spiro atoms. The van der Waals surface area contributed by atoms with Gasteiger partial charge in [0.05, 0.1) is 18.7 Å². The molecule has 7 heteroatoms. The summed E-state index contributed by atoms with van der Waals surface area (Å²) in [7, 11) is 1.34. The molecule has 6 nitrogen and oxygen atoms in total. The quantitative estimate of drug-likeness (QED) is 0.550. The number of esters is 2. The minimum atomic E-state index is -0.473. The van der Waals surface area contributed by atoms with E-state index in [1.165, 1.54) is 25.4 Å². The number of ether oxygens (including phenoxy) is 2. The van der Waals surface area contributed by atoms with Gasteiger partial charge in [0.15, 0.2) is 0 Å². The summed E-state index contributed by atoms with van der Waals surface area (Å²) in [5.41, 5.74) is 1.51. The van der Waals surface area contributed by atoms with Gasteiger partial charge in [0.1, 0.15) is 11.0 Å². The SMILES string of the molecule is COC(=O)c1sc(-c2ccccc2)cc1N(C(=O)C1CCC(C)CC1OC(C)=O)C(C)C. The highest BCUT2D eigenvalue weighted by atomic mass is 32.1. The zero-order valence-corrected chi connectivity index (χ0v) is 20.1. The second-order valence-electron chi connectivity index (χ2n) is 8.66. The lowest BCUT2D eigenvalue weighted by Gasteiger charge is -2.37. The summed E-state index contributed by atoms with van der Waals surface area (Å²) in [5, 5.41) is 0. The van der Waals surface area contributed by atoms with Gasteiger partial charge in [0, 0.05) is 17.8 Å². The van der Waals surface area contributed by atoms with Crippen LogP contribution in [0.5, 0.6) is 0 Å². The summed E-state index contributed by atoms with van der Waals surface area (Å²) in [4.78, 5) is 41.1. The second-order valence-corrected chi connectivity index (χ2v) is 9.71. The van der Waals surface area contributed by atoms with Gasteiger partial charge in [-0.2, -0.15) is 0 Å². The van der Waals surface area contributed by atoms with Crippen LogP contribution in [-0.4, -0.2) is 37.1 Å². The third kappa shape index (κ3) is 5.21. The molecule has 0 radical (unpaired) electrons. The number of nitrogens with zero attached hydrogens (tertiary/aromatic N) is 1. The van der Waals surface area contributed by atoms with Crippen LogP contribution in [0.2, 0.25) is 0 Å². The highest BCUT2D eigenvalue weighted by Gasteiger charge is 2.40. The maximum atomic E-state index is 13.8. The first-order valence-electron chi connectivity index (χ1n) is 11.0. The number of anilines is 1. The maximum Gasteiger partial charge on any atom is 0.350 e. The Bertz CT molecular complexity index is 968. The van der Waals surface area contributed by atoms with Crippen LogP contribution in [0.25, 0.3) is 10.4 Å². The molecule has 1 aliphatic carbocycles. The molecule has 1 aromatic heterocycles. The molecule has 3 unspecified atom stereocenters. The number of carbonyl (C=O) groups is 3. The molecular weight excluding hydrogens is 426 g/mol. The zero-order valence-electron chi connectivity index (χ0n) is 19.3. The molecule has 3 rings (SSSR count). The number of benzene rings is 1. The van der Waals surface area contributed by atoms with Crippen molar-refractivity contribution >= 4 is 34.9 Å². The van der Waals surface area contributed by atoms with Crippen LogP contribution in [0.3, 0.4) is 0 Å². The molecule has 0 saturated heterocycles. The van der Waals surface area contributed by atoms with Gasteiger partial charge in [0.25, 0.3) is 0 Å². The van der Waals surface area contributed by atoms with Crippen molar-refractivity contribution in [2.75, 3.05) is 12.0 Å². The molecule has 32 heavy (non-hydrogen) atoms. The van der Waals surface area contributed by atoms with E-state index < -0.39 is 18.0 Å². The highest BCUT2D eigenvalue weighted by molar-refractivity contribution is 7.18. The normalized spacial score (nSPS) is 20.6. The van der Waals surface area contributed by atoms with Gasteiger partial charge in [-0.05, 0) is 50.7 Å². The third-order valence-electron chi connectivity index (χ3n) is 5.84. The van der Waals surface area contributed by atoms with E-state index in [9.17, 15) is 14.4 Å². The van der Waals surface area contributed by atoms with Gasteiger partial charge in [-0.1, -0.05) is 37.3 Å². The van der Waals surface area contributed by atoms with Gasteiger partial charge < -0.3 is 14.4 Å². The highest BCUT2D eigenvalue weighted by Crippen LogP contribution is 2.40. The van der Waals surface area contributed by atoms with Crippen molar-refractivity contribution in [1.82, 2.24) is 0 Å². The Morgan fingerprint density at radius 3 is 2.41 bits per heavy atom. The number of hydrogen-bond donors (Lipinski definition) is 0. The van der Waals surface area contributed by atoms with Crippen molar-refractivity contribution in [3.63, 3.8) is 0 Å². The number of carbonyl (C=O) groups excluding carboxylic acids is 3. The van der Waals surface area contributed by atoms with Crippen molar-refractivity contribution in [3.8, 4) is 10.4 Å². The standard InChI is InChI=1S/C25H31NO5S/c1-15(2)26(24(28)19-12-11-16(3)13-21(19)31-17(4)27)20-14-22(18-9-7-6-8-10-18)32-23(20)25(29)30-5/h6-10,14-16,19,21H,11-13H2,1-5H3. The molecule has 1 amide bonds. The summed E-state index contributed by atoms with van der Waals surface area (Å²) in [5.74, 6) is -1.04. The van der Waals surface area contributed by atoms with E-state index in [2.05, 4.69) is 6.92 Å². The molecule has 2 aromatic rings. The first-order valence-corrected chi connectivity index (χ1v) is 11.8. The van der Waals surface area contributed by atoms with E-state index in [0.29, 0.717) is 29.3 Å². The minimum absolute atomic E-state index is 0.124. The number of hydrogen-bond acceptors (Lipinski definition) is 6. The number of rotatable bonds is 6. The number of methoxy groups -OCH3 is 1. The van der Waals surface area contributed by atoms with Crippen LogP contribution in [0.4, 0.5) is 5.69 Å². The average molecular weight is 458 g/mol. The Morgan fingerprint density at radius 2 is 1.81 bits per heavy atom. The van der Waals surface area contributed by atoms with Crippen LogP contribution in [0.15, 0.2) is 36.4 Å². The summed E-state index contributed by atoms with van der Waals surface area (Å²) in [6, 6.07) is 11.4. The van der Waals surface area contributed by atoms with Crippen molar-refractivity contribution in [3.05, 3.63) is 41.3 Å².